The largest absolute Gasteiger partial charge is 0.466 e. The van der Waals surface area contributed by atoms with E-state index < -0.39 is 5.72 Å². The number of hydrogen-bond donors (Lipinski definition) is 1. The minimum Gasteiger partial charge on any atom is -0.466 e. The van der Waals surface area contributed by atoms with Gasteiger partial charge in [-0.1, -0.05) is 35.5 Å². The molecule has 0 amide bonds. The Kier molecular flexibility index (Phi) is 6.59. The first kappa shape index (κ1) is 19.6. The van der Waals surface area contributed by atoms with E-state index in [0.717, 1.165) is 23.7 Å². The second kappa shape index (κ2) is 8.08. The fourth-order valence-corrected chi connectivity index (χ4v) is 4.53. The lowest BCUT2D eigenvalue weighted by atomic mass is 9.95. The van der Waals surface area contributed by atoms with Gasteiger partial charge < -0.3 is 14.7 Å². The first-order valence-electron chi connectivity index (χ1n) is 7.68. The van der Waals surface area contributed by atoms with Crippen molar-refractivity contribution in [2.45, 2.75) is 30.7 Å². The predicted octanol–water partition coefficient (Wildman–Crippen LogP) is 3.19. The standard InChI is InChI=1S/C16H19ClN2O3S.BrH/c1-2-22-14(20)10-13-16(21,11-4-6-12(17)7-5-11)19-9-3-8-18-15(19)23-13;/h4-7,13,21H,2-3,8-10H2,1H3;1H. The van der Waals surface area contributed by atoms with Gasteiger partial charge in [0.05, 0.1) is 18.3 Å². The van der Waals surface area contributed by atoms with Crippen molar-refractivity contribution in [3.63, 3.8) is 0 Å². The summed E-state index contributed by atoms with van der Waals surface area (Å²) in [5, 5.41) is 12.5. The average molecular weight is 436 g/mol. The highest BCUT2D eigenvalue weighted by atomic mass is 79.9. The van der Waals surface area contributed by atoms with Crippen LogP contribution in [-0.2, 0) is 15.3 Å². The quantitative estimate of drug-likeness (QED) is 0.736. The number of esters is 1. The lowest BCUT2D eigenvalue weighted by Gasteiger charge is -2.38. The first-order chi connectivity index (χ1) is 11.1. The molecule has 8 heteroatoms. The Labute approximate surface area is 161 Å². The summed E-state index contributed by atoms with van der Waals surface area (Å²) in [5.74, 6) is -0.308. The maximum atomic E-state index is 12.0. The van der Waals surface area contributed by atoms with Crippen LogP contribution in [0.3, 0.4) is 0 Å². The van der Waals surface area contributed by atoms with E-state index in [9.17, 15) is 9.90 Å². The van der Waals surface area contributed by atoms with Gasteiger partial charge in [0.15, 0.2) is 10.9 Å². The van der Waals surface area contributed by atoms with Crippen molar-refractivity contribution in [1.29, 1.82) is 0 Å². The van der Waals surface area contributed by atoms with E-state index in [1.807, 2.05) is 4.90 Å². The highest BCUT2D eigenvalue weighted by Gasteiger charge is 2.53. The van der Waals surface area contributed by atoms with Crippen molar-refractivity contribution in [3.8, 4) is 0 Å². The van der Waals surface area contributed by atoms with Crippen molar-refractivity contribution in [2.24, 2.45) is 4.99 Å². The Morgan fingerprint density at radius 1 is 1.50 bits per heavy atom. The number of halogens is 2. The van der Waals surface area contributed by atoms with Crippen molar-refractivity contribution in [3.05, 3.63) is 34.9 Å². The molecule has 0 bridgehead atoms. The lowest BCUT2D eigenvalue weighted by molar-refractivity contribution is -0.146. The van der Waals surface area contributed by atoms with E-state index in [1.165, 1.54) is 11.8 Å². The van der Waals surface area contributed by atoms with Crippen molar-refractivity contribution < 1.29 is 14.6 Å². The molecule has 2 heterocycles. The van der Waals surface area contributed by atoms with Crippen LogP contribution in [0.2, 0.25) is 5.02 Å². The molecule has 3 rings (SSSR count). The third-order valence-electron chi connectivity index (χ3n) is 4.05. The molecule has 1 aromatic rings. The molecular weight excluding hydrogens is 416 g/mol. The SMILES string of the molecule is Br.CCOC(=O)CC1SC2=NCCCN2C1(O)c1ccc(Cl)cc1. The van der Waals surface area contributed by atoms with Gasteiger partial charge in [0, 0.05) is 23.7 Å². The molecule has 2 aliphatic rings. The molecule has 132 valence electrons. The van der Waals surface area contributed by atoms with Gasteiger partial charge in [0.25, 0.3) is 0 Å². The van der Waals surface area contributed by atoms with Crippen molar-refractivity contribution >= 4 is 51.5 Å². The number of fused-ring (bicyclic) bond motifs is 1. The maximum Gasteiger partial charge on any atom is 0.307 e. The molecule has 0 aliphatic carbocycles. The van der Waals surface area contributed by atoms with Gasteiger partial charge >= 0.3 is 5.97 Å². The van der Waals surface area contributed by atoms with E-state index in [1.54, 1.807) is 31.2 Å². The molecule has 0 radical (unpaired) electrons. The van der Waals surface area contributed by atoms with Crippen LogP contribution in [0.5, 0.6) is 0 Å². The molecule has 0 spiro atoms. The first-order valence-corrected chi connectivity index (χ1v) is 8.94. The van der Waals surface area contributed by atoms with Gasteiger partial charge in [0.2, 0.25) is 0 Å². The summed E-state index contributed by atoms with van der Waals surface area (Å²) in [6.45, 7) is 3.57. The zero-order valence-electron chi connectivity index (χ0n) is 13.3. The molecule has 5 nitrogen and oxygen atoms in total. The van der Waals surface area contributed by atoms with E-state index in [2.05, 4.69) is 4.99 Å². The molecular formula is C16H20BrClN2O3S. The van der Waals surface area contributed by atoms with E-state index in [4.69, 9.17) is 16.3 Å². The number of benzene rings is 1. The van der Waals surface area contributed by atoms with Crippen molar-refractivity contribution in [1.82, 2.24) is 4.90 Å². The summed E-state index contributed by atoms with van der Waals surface area (Å²) >= 11 is 7.41. The van der Waals surface area contributed by atoms with Crippen LogP contribution in [0.15, 0.2) is 29.3 Å². The average Bonchev–Trinajstić information content (AvgIpc) is 2.82. The van der Waals surface area contributed by atoms with Crippen LogP contribution in [0.1, 0.15) is 25.3 Å². The minimum atomic E-state index is -1.28. The Bertz CT molecular complexity index is 628. The fourth-order valence-electron chi connectivity index (χ4n) is 2.98. The molecule has 1 aromatic carbocycles. The van der Waals surface area contributed by atoms with Crippen molar-refractivity contribution in [2.75, 3.05) is 19.7 Å². The second-order valence-corrected chi connectivity index (χ2v) is 7.12. The number of hydrogen-bond acceptors (Lipinski definition) is 6. The van der Waals surface area contributed by atoms with Crippen LogP contribution in [0.4, 0.5) is 0 Å². The smallest absolute Gasteiger partial charge is 0.307 e. The number of carbonyl (C=O) groups is 1. The molecule has 2 atom stereocenters. The maximum absolute atomic E-state index is 12.0. The van der Waals surface area contributed by atoms with Crippen LogP contribution in [-0.4, -0.2) is 46.1 Å². The van der Waals surface area contributed by atoms with Crippen LogP contribution in [0.25, 0.3) is 0 Å². The minimum absolute atomic E-state index is 0. The summed E-state index contributed by atoms with van der Waals surface area (Å²) in [6.07, 6.45) is 1.01. The summed E-state index contributed by atoms with van der Waals surface area (Å²) in [5.41, 5.74) is -0.558. The van der Waals surface area contributed by atoms with Gasteiger partial charge in [-0.2, -0.15) is 0 Å². The molecule has 1 fully saturated rings. The van der Waals surface area contributed by atoms with E-state index in [0.29, 0.717) is 18.2 Å². The fraction of sp³-hybridized carbons (Fsp3) is 0.500. The summed E-state index contributed by atoms with van der Waals surface area (Å²) in [7, 11) is 0. The number of carbonyl (C=O) groups excluding carboxylic acids is 1. The van der Waals surface area contributed by atoms with Gasteiger partial charge in [0.1, 0.15) is 0 Å². The van der Waals surface area contributed by atoms with Gasteiger partial charge in [-0.15, -0.1) is 17.0 Å². The molecule has 2 unspecified atom stereocenters. The Hall–Kier alpha value is -0.760. The molecule has 1 N–H and O–H groups in total. The molecule has 1 saturated heterocycles. The Morgan fingerprint density at radius 2 is 2.21 bits per heavy atom. The summed E-state index contributed by atoms with van der Waals surface area (Å²) < 4.78 is 5.06. The zero-order valence-corrected chi connectivity index (χ0v) is 16.6. The predicted molar refractivity (Wildman–Crippen MR) is 102 cm³/mol. The monoisotopic (exact) mass is 434 g/mol. The van der Waals surface area contributed by atoms with Crippen LogP contribution >= 0.6 is 40.3 Å². The van der Waals surface area contributed by atoms with Crippen LogP contribution in [0, 0.1) is 0 Å². The summed E-state index contributed by atoms with van der Waals surface area (Å²) in [6, 6.07) is 7.11. The van der Waals surface area contributed by atoms with Gasteiger partial charge in [-0.3, -0.25) is 9.79 Å². The number of nitrogens with zero attached hydrogens (tertiary/aromatic N) is 2. The third kappa shape index (κ3) is 3.59. The summed E-state index contributed by atoms with van der Waals surface area (Å²) in [4.78, 5) is 18.3. The third-order valence-corrected chi connectivity index (χ3v) is 5.64. The van der Waals surface area contributed by atoms with Crippen LogP contribution < -0.4 is 0 Å². The number of ether oxygens (including phenoxy) is 1. The molecule has 2 aliphatic heterocycles. The highest BCUT2D eigenvalue weighted by molar-refractivity contribution is 8.93. The number of aliphatic hydroxyl groups is 1. The highest BCUT2D eigenvalue weighted by Crippen LogP contribution is 2.47. The normalized spacial score (nSPS) is 25.5. The zero-order chi connectivity index (χ0) is 16.4. The number of thioether (sulfide) groups is 1. The van der Waals surface area contributed by atoms with E-state index in [-0.39, 0.29) is 34.6 Å². The van der Waals surface area contributed by atoms with Gasteiger partial charge in [-0.25, -0.2) is 0 Å². The molecule has 0 aromatic heterocycles. The second-order valence-electron chi connectivity index (χ2n) is 5.52. The lowest BCUT2D eigenvalue weighted by Crippen LogP contribution is -2.50. The number of amidine groups is 1. The Balaban J connectivity index is 0.00000208. The molecule has 24 heavy (non-hydrogen) atoms. The topological polar surface area (TPSA) is 62.1 Å². The van der Waals surface area contributed by atoms with Gasteiger partial charge in [-0.05, 0) is 25.5 Å². The molecule has 0 saturated carbocycles. The number of aliphatic imine (C=N–C) groups is 1. The Morgan fingerprint density at radius 3 is 2.88 bits per heavy atom. The van der Waals surface area contributed by atoms with E-state index >= 15 is 0 Å². The number of rotatable bonds is 4.